The number of halogens is 1. The van der Waals surface area contributed by atoms with Gasteiger partial charge in [0.05, 0.1) is 20.3 Å². The first-order chi connectivity index (χ1) is 14.3. The molecule has 0 bridgehead atoms. The number of unbranched alkanes of at least 4 members (excludes halogenated alkanes) is 1. The molecule has 2 heterocycles. The van der Waals surface area contributed by atoms with Crippen LogP contribution in [0, 0.1) is 0 Å². The monoisotopic (exact) mass is 531 g/mol. The maximum atomic E-state index is 5.41. The van der Waals surface area contributed by atoms with Crippen molar-refractivity contribution in [3.63, 3.8) is 0 Å². The van der Waals surface area contributed by atoms with E-state index in [1.54, 1.807) is 7.11 Å². The zero-order valence-electron chi connectivity index (χ0n) is 18.5. The third-order valence-electron chi connectivity index (χ3n) is 5.60. The molecule has 0 aliphatic carbocycles. The zero-order valence-corrected chi connectivity index (χ0v) is 20.8. The maximum absolute atomic E-state index is 5.41. The van der Waals surface area contributed by atoms with Gasteiger partial charge in [-0.05, 0) is 50.6 Å². The molecule has 0 atom stereocenters. The number of nitrogens with one attached hydrogen (secondary N) is 1. The number of piperazine rings is 1. The lowest BCUT2D eigenvalue weighted by Gasteiger charge is -2.37. The van der Waals surface area contributed by atoms with E-state index < -0.39 is 0 Å². The molecule has 30 heavy (non-hydrogen) atoms. The molecule has 0 aromatic heterocycles. The molecule has 7 nitrogen and oxygen atoms in total. The molecular weight excluding hydrogens is 493 g/mol. The van der Waals surface area contributed by atoms with Gasteiger partial charge in [0.15, 0.2) is 5.96 Å². The predicted molar refractivity (Wildman–Crippen MR) is 135 cm³/mol. The first kappa shape index (κ1) is 25.0. The van der Waals surface area contributed by atoms with Gasteiger partial charge in [-0.1, -0.05) is 0 Å². The number of rotatable bonds is 8. The van der Waals surface area contributed by atoms with Gasteiger partial charge in [0.25, 0.3) is 0 Å². The minimum atomic E-state index is 0. The molecule has 2 aliphatic rings. The van der Waals surface area contributed by atoms with Crippen molar-refractivity contribution in [2.24, 2.45) is 4.99 Å². The largest absolute Gasteiger partial charge is 0.497 e. The molecule has 8 heteroatoms. The molecule has 0 amide bonds. The summed E-state index contributed by atoms with van der Waals surface area (Å²) in [7, 11) is 1.71. The molecule has 2 aliphatic heterocycles. The normalized spacial score (nSPS) is 18.1. The lowest BCUT2D eigenvalue weighted by Crippen LogP contribution is -2.52. The van der Waals surface area contributed by atoms with Crippen LogP contribution in [-0.4, -0.2) is 95.0 Å². The third kappa shape index (κ3) is 7.77. The number of hydrogen-bond acceptors (Lipinski definition) is 5. The molecule has 0 spiro atoms. The van der Waals surface area contributed by atoms with Crippen molar-refractivity contribution < 1.29 is 9.47 Å². The van der Waals surface area contributed by atoms with Crippen LogP contribution in [-0.2, 0) is 4.74 Å². The van der Waals surface area contributed by atoms with Gasteiger partial charge in [-0.25, -0.2) is 0 Å². The highest BCUT2D eigenvalue weighted by molar-refractivity contribution is 14.0. The fourth-order valence-corrected chi connectivity index (χ4v) is 3.85. The van der Waals surface area contributed by atoms with Crippen LogP contribution in [0.5, 0.6) is 5.75 Å². The summed E-state index contributed by atoms with van der Waals surface area (Å²) in [6, 6.07) is 8.35. The lowest BCUT2D eigenvalue weighted by molar-refractivity contribution is 0.0373. The number of nitrogens with zero attached hydrogens (tertiary/aromatic N) is 4. The summed E-state index contributed by atoms with van der Waals surface area (Å²) in [6.45, 7) is 13.0. The Labute approximate surface area is 198 Å². The molecule has 1 aromatic rings. The van der Waals surface area contributed by atoms with Gasteiger partial charge in [0.2, 0.25) is 0 Å². The standard InChI is InChI=1S/C22H37N5O2.HI/c1-3-23-22(24-10-4-5-11-25-16-18-29-19-17-25)27-14-12-26(13-15-27)20-6-8-21(28-2)9-7-20;/h6-9H,3-5,10-19H2,1-2H3,(H,23,24);1H. The smallest absolute Gasteiger partial charge is 0.194 e. The molecule has 0 radical (unpaired) electrons. The third-order valence-corrected chi connectivity index (χ3v) is 5.60. The van der Waals surface area contributed by atoms with E-state index in [0.29, 0.717) is 0 Å². The minimum Gasteiger partial charge on any atom is -0.497 e. The van der Waals surface area contributed by atoms with Gasteiger partial charge in [-0.3, -0.25) is 9.89 Å². The van der Waals surface area contributed by atoms with Crippen LogP contribution in [0.25, 0.3) is 0 Å². The summed E-state index contributed by atoms with van der Waals surface area (Å²) in [5.41, 5.74) is 1.26. The van der Waals surface area contributed by atoms with Gasteiger partial charge in [-0.15, -0.1) is 24.0 Å². The zero-order chi connectivity index (χ0) is 20.3. The topological polar surface area (TPSA) is 52.6 Å². The molecule has 2 fully saturated rings. The molecule has 3 rings (SSSR count). The highest BCUT2D eigenvalue weighted by Gasteiger charge is 2.19. The lowest BCUT2D eigenvalue weighted by atomic mass is 10.2. The van der Waals surface area contributed by atoms with Crippen molar-refractivity contribution in [2.45, 2.75) is 19.8 Å². The molecule has 2 saturated heterocycles. The van der Waals surface area contributed by atoms with E-state index in [1.165, 1.54) is 12.1 Å². The van der Waals surface area contributed by atoms with Crippen molar-refractivity contribution in [1.29, 1.82) is 0 Å². The van der Waals surface area contributed by atoms with E-state index in [0.717, 1.165) is 90.2 Å². The summed E-state index contributed by atoms with van der Waals surface area (Å²) >= 11 is 0. The number of morpholine rings is 1. The molecule has 0 saturated carbocycles. The van der Waals surface area contributed by atoms with Crippen LogP contribution >= 0.6 is 24.0 Å². The van der Waals surface area contributed by atoms with E-state index in [1.807, 2.05) is 12.1 Å². The first-order valence-electron chi connectivity index (χ1n) is 11.0. The van der Waals surface area contributed by atoms with Crippen LogP contribution in [0.4, 0.5) is 5.69 Å². The SMILES string of the molecule is CCNC(=NCCCCN1CCOCC1)N1CCN(c2ccc(OC)cc2)CC1.I. The van der Waals surface area contributed by atoms with Gasteiger partial charge in [0, 0.05) is 58.0 Å². The van der Waals surface area contributed by atoms with E-state index in [-0.39, 0.29) is 24.0 Å². The van der Waals surface area contributed by atoms with Crippen LogP contribution in [0.15, 0.2) is 29.3 Å². The Morgan fingerprint density at radius 2 is 1.73 bits per heavy atom. The number of ether oxygens (including phenoxy) is 2. The van der Waals surface area contributed by atoms with Gasteiger partial charge in [-0.2, -0.15) is 0 Å². The number of guanidine groups is 1. The second kappa shape index (κ2) is 13.9. The Hall–Kier alpha value is -1.26. The Balaban J connectivity index is 0.00000320. The summed E-state index contributed by atoms with van der Waals surface area (Å²) in [4.78, 5) is 12.2. The number of anilines is 1. The van der Waals surface area contributed by atoms with Crippen LogP contribution in [0.2, 0.25) is 0 Å². The van der Waals surface area contributed by atoms with E-state index >= 15 is 0 Å². The molecular formula is C22H38IN5O2. The van der Waals surface area contributed by atoms with Crippen LogP contribution < -0.4 is 15.0 Å². The number of benzene rings is 1. The fraction of sp³-hybridized carbons (Fsp3) is 0.682. The van der Waals surface area contributed by atoms with Gasteiger partial charge >= 0.3 is 0 Å². The average Bonchev–Trinajstić information content (AvgIpc) is 2.79. The van der Waals surface area contributed by atoms with Gasteiger partial charge in [0.1, 0.15) is 5.75 Å². The first-order valence-corrected chi connectivity index (χ1v) is 11.0. The average molecular weight is 531 g/mol. The van der Waals surface area contributed by atoms with E-state index in [9.17, 15) is 0 Å². The summed E-state index contributed by atoms with van der Waals surface area (Å²) in [5.74, 6) is 1.97. The van der Waals surface area contributed by atoms with E-state index in [2.05, 4.69) is 39.1 Å². The number of hydrogen-bond donors (Lipinski definition) is 1. The summed E-state index contributed by atoms with van der Waals surface area (Å²) < 4.78 is 10.7. The van der Waals surface area contributed by atoms with Crippen LogP contribution in [0.3, 0.4) is 0 Å². The Bertz CT molecular complexity index is 614. The van der Waals surface area contributed by atoms with E-state index in [4.69, 9.17) is 14.5 Å². The highest BCUT2D eigenvalue weighted by Crippen LogP contribution is 2.20. The summed E-state index contributed by atoms with van der Waals surface area (Å²) in [6.07, 6.45) is 2.34. The Kier molecular flexibility index (Phi) is 11.6. The second-order valence-electron chi connectivity index (χ2n) is 7.57. The van der Waals surface area contributed by atoms with Crippen LogP contribution in [0.1, 0.15) is 19.8 Å². The Morgan fingerprint density at radius 1 is 1.03 bits per heavy atom. The van der Waals surface area contributed by atoms with Crippen molar-refractivity contribution in [3.8, 4) is 5.75 Å². The van der Waals surface area contributed by atoms with Gasteiger partial charge < -0.3 is 24.6 Å². The molecule has 1 N–H and O–H groups in total. The van der Waals surface area contributed by atoms with Crippen molar-refractivity contribution in [3.05, 3.63) is 24.3 Å². The quantitative estimate of drug-likeness (QED) is 0.241. The number of aliphatic imine (C=N–C) groups is 1. The minimum absolute atomic E-state index is 0. The highest BCUT2D eigenvalue weighted by atomic mass is 127. The van der Waals surface area contributed by atoms with Crippen molar-refractivity contribution >= 4 is 35.6 Å². The second-order valence-corrected chi connectivity index (χ2v) is 7.57. The Morgan fingerprint density at radius 3 is 2.37 bits per heavy atom. The maximum Gasteiger partial charge on any atom is 0.194 e. The molecule has 0 unspecified atom stereocenters. The van der Waals surface area contributed by atoms with Crippen molar-refractivity contribution in [1.82, 2.24) is 15.1 Å². The van der Waals surface area contributed by atoms with Crippen molar-refractivity contribution in [2.75, 3.05) is 84.1 Å². The number of methoxy groups -OCH3 is 1. The summed E-state index contributed by atoms with van der Waals surface area (Å²) in [5, 5.41) is 3.48. The predicted octanol–water partition coefficient (Wildman–Crippen LogP) is 2.51. The molecule has 1 aromatic carbocycles. The fourth-order valence-electron chi connectivity index (χ4n) is 3.85. The molecule has 170 valence electrons.